The first-order valence-corrected chi connectivity index (χ1v) is 7.24. The van der Waals surface area contributed by atoms with Crippen molar-refractivity contribution in [3.8, 4) is 0 Å². The van der Waals surface area contributed by atoms with Crippen LogP contribution in [0.5, 0.6) is 0 Å². The maximum atomic E-state index is 13.2. The molecule has 0 aliphatic heterocycles. The molecule has 0 atom stereocenters. The number of hydrogen-bond acceptors (Lipinski definition) is 3. The molecule has 0 unspecified atom stereocenters. The molecule has 1 N–H and O–H groups in total. The van der Waals surface area contributed by atoms with Gasteiger partial charge in [0.15, 0.2) is 0 Å². The minimum Gasteiger partial charge on any atom is -0.465 e. The molecular formula is C15H12BrClFNO2. The van der Waals surface area contributed by atoms with Gasteiger partial charge in [-0.15, -0.1) is 0 Å². The highest BCUT2D eigenvalue weighted by Gasteiger charge is 2.12. The Morgan fingerprint density at radius 2 is 2.10 bits per heavy atom. The molecule has 21 heavy (non-hydrogen) atoms. The number of esters is 1. The van der Waals surface area contributed by atoms with E-state index < -0.39 is 5.97 Å². The topological polar surface area (TPSA) is 38.3 Å². The molecule has 3 nitrogen and oxygen atoms in total. The van der Waals surface area contributed by atoms with E-state index in [1.807, 2.05) is 0 Å². The van der Waals surface area contributed by atoms with Crippen LogP contribution in [-0.2, 0) is 11.3 Å². The number of benzene rings is 2. The van der Waals surface area contributed by atoms with Gasteiger partial charge in [0.2, 0.25) is 0 Å². The van der Waals surface area contributed by atoms with Crippen LogP contribution < -0.4 is 5.32 Å². The molecule has 0 aliphatic carbocycles. The highest BCUT2D eigenvalue weighted by molar-refractivity contribution is 9.10. The summed E-state index contributed by atoms with van der Waals surface area (Å²) >= 11 is 9.08. The van der Waals surface area contributed by atoms with E-state index in [0.29, 0.717) is 27.3 Å². The van der Waals surface area contributed by atoms with E-state index in [1.54, 1.807) is 30.3 Å². The van der Waals surface area contributed by atoms with Crippen molar-refractivity contribution in [2.24, 2.45) is 0 Å². The third-order valence-electron chi connectivity index (χ3n) is 2.85. The lowest BCUT2D eigenvalue weighted by Crippen LogP contribution is -2.08. The van der Waals surface area contributed by atoms with Crippen LogP contribution in [0, 0.1) is 5.82 Å². The molecule has 0 saturated carbocycles. The first-order chi connectivity index (χ1) is 10.0. The predicted octanol–water partition coefficient (Wildman–Crippen LogP) is 4.64. The zero-order valence-electron chi connectivity index (χ0n) is 11.1. The molecule has 0 aliphatic rings. The summed E-state index contributed by atoms with van der Waals surface area (Å²) in [6.45, 7) is 0.420. The normalized spacial score (nSPS) is 10.3. The predicted molar refractivity (Wildman–Crippen MR) is 84.2 cm³/mol. The standard InChI is InChI=1S/C15H12BrClFNO2/c1-21-15(20)11-4-3-10(17)7-14(11)19-8-9-2-5-13(18)12(16)6-9/h2-7,19H,8H2,1H3. The average molecular weight is 373 g/mol. The van der Waals surface area contributed by atoms with E-state index in [4.69, 9.17) is 16.3 Å². The van der Waals surface area contributed by atoms with Crippen LogP contribution in [0.2, 0.25) is 5.02 Å². The van der Waals surface area contributed by atoms with Gasteiger partial charge in [0.05, 0.1) is 22.8 Å². The van der Waals surface area contributed by atoms with Crippen molar-refractivity contribution in [3.63, 3.8) is 0 Å². The Labute approximate surface area is 135 Å². The van der Waals surface area contributed by atoms with Gasteiger partial charge in [-0.25, -0.2) is 9.18 Å². The Bertz CT molecular complexity index is 679. The van der Waals surface area contributed by atoms with Gasteiger partial charge in [-0.1, -0.05) is 17.7 Å². The van der Waals surface area contributed by atoms with Crippen LogP contribution in [0.1, 0.15) is 15.9 Å². The first kappa shape index (κ1) is 15.8. The van der Waals surface area contributed by atoms with E-state index in [2.05, 4.69) is 21.2 Å². The Balaban J connectivity index is 2.20. The van der Waals surface area contributed by atoms with Crippen molar-refractivity contribution in [2.75, 3.05) is 12.4 Å². The van der Waals surface area contributed by atoms with Crippen LogP contribution in [-0.4, -0.2) is 13.1 Å². The Morgan fingerprint density at radius 1 is 1.33 bits per heavy atom. The zero-order valence-corrected chi connectivity index (χ0v) is 13.5. The molecule has 2 aromatic carbocycles. The Hall–Kier alpha value is -1.59. The molecule has 0 saturated heterocycles. The fourth-order valence-electron chi connectivity index (χ4n) is 1.80. The number of rotatable bonds is 4. The molecular weight excluding hydrogens is 361 g/mol. The lowest BCUT2D eigenvalue weighted by atomic mass is 10.1. The summed E-state index contributed by atoms with van der Waals surface area (Å²) in [6.07, 6.45) is 0. The number of halogens is 3. The Kier molecular flexibility index (Phi) is 5.20. The summed E-state index contributed by atoms with van der Waals surface area (Å²) in [7, 11) is 1.32. The first-order valence-electron chi connectivity index (χ1n) is 6.07. The maximum Gasteiger partial charge on any atom is 0.339 e. The monoisotopic (exact) mass is 371 g/mol. The van der Waals surface area contributed by atoms with Crippen LogP contribution in [0.15, 0.2) is 40.9 Å². The SMILES string of the molecule is COC(=O)c1ccc(Cl)cc1NCc1ccc(F)c(Br)c1. The summed E-state index contributed by atoms with van der Waals surface area (Å²) in [6, 6.07) is 9.57. The number of ether oxygens (including phenoxy) is 1. The number of nitrogens with one attached hydrogen (secondary N) is 1. The van der Waals surface area contributed by atoms with Crippen molar-refractivity contribution in [2.45, 2.75) is 6.54 Å². The van der Waals surface area contributed by atoms with Crippen molar-refractivity contribution >= 4 is 39.2 Å². The summed E-state index contributed by atoms with van der Waals surface area (Å²) in [5.41, 5.74) is 1.82. The molecule has 0 heterocycles. The van der Waals surface area contributed by atoms with Crippen LogP contribution >= 0.6 is 27.5 Å². The van der Waals surface area contributed by atoms with E-state index in [9.17, 15) is 9.18 Å². The molecule has 0 fully saturated rings. The highest BCUT2D eigenvalue weighted by atomic mass is 79.9. The molecule has 2 aromatic rings. The van der Waals surface area contributed by atoms with Gasteiger partial charge in [0.1, 0.15) is 5.82 Å². The number of carbonyl (C=O) groups is 1. The highest BCUT2D eigenvalue weighted by Crippen LogP contribution is 2.23. The van der Waals surface area contributed by atoms with Gasteiger partial charge < -0.3 is 10.1 Å². The molecule has 6 heteroatoms. The fourth-order valence-corrected chi connectivity index (χ4v) is 2.40. The van der Waals surface area contributed by atoms with Crippen molar-refractivity contribution in [1.29, 1.82) is 0 Å². The molecule has 0 aromatic heterocycles. The van der Waals surface area contributed by atoms with Gasteiger partial charge in [-0.3, -0.25) is 0 Å². The van der Waals surface area contributed by atoms with Crippen molar-refractivity contribution in [1.82, 2.24) is 0 Å². The second-order valence-corrected chi connectivity index (χ2v) is 5.57. The number of anilines is 1. The van der Waals surface area contributed by atoms with E-state index in [0.717, 1.165) is 5.56 Å². The summed E-state index contributed by atoms with van der Waals surface area (Å²) in [5.74, 6) is -0.772. The van der Waals surface area contributed by atoms with E-state index in [1.165, 1.54) is 13.2 Å². The third kappa shape index (κ3) is 3.95. The minimum atomic E-state index is -0.450. The third-order valence-corrected chi connectivity index (χ3v) is 3.70. The number of carbonyl (C=O) groups excluding carboxylic acids is 1. The summed E-state index contributed by atoms with van der Waals surface area (Å²) in [5, 5.41) is 3.61. The second-order valence-electron chi connectivity index (χ2n) is 4.28. The average Bonchev–Trinajstić information content (AvgIpc) is 2.48. The molecule has 0 amide bonds. The molecule has 2 rings (SSSR count). The van der Waals surface area contributed by atoms with Gasteiger partial charge in [0.25, 0.3) is 0 Å². The van der Waals surface area contributed by atoms with Crippen molar-refractivity contribution in [3.05, 3.63) is 62.8 Å². The van der Waals surface area contributed by atoms with E-state index in [-0.39, 0.29) is 5.82 Å². The van der Waals surface area contributed by atoms with E-state index >= 15 is 0 Å². The van der Waals surface area contributed by atoms with Gasteiger partial charge >= 0.3 is 5.97 Å². The lowest BCUT2D eigenvalue weighted by molar-refractivity contribution is 0.0602. The molecule has 0 spiro atoms. The largest absolute Gasteiger partial charge is 0.465 e. The van der Waals surface area contributed by atoms with Gasteiger partial charge in [-0.05, 0) is 51.8 Å². The second kappa shape index (κ2) is 6.91. The smallest absolute Gasteiger partial charge is 0.339 e. The quantitative estimate of drug-likeness (QED) is 0.795. The summed E-state index contributed by atoms with van der Waals surface area (Å²) in [4.78, 5) is 11.7. The molecule has 0 radical (unpaired) electrons. The summed E-state index contributed by atoms with van der Waals surface area (Å²) < 4.78 is 18.3. The zero-order chi connectivity index (χ0) is 15.4. The van der Waals surface area contributed by atoms with Crippen LogP contribution in [0.4, 0.5) is 10.1 Å². The van der Waals surface area contributed by atoms with Crippen molar-refractivity contribution < 1.29 is 13.9 Å². The molecule has 110 valence electrons. The van der Waals surface area contributed by atoms with Gasteiger partial charge in [-0.2, -0.15) is 0 Å². The Morgan fingerprint density at radius 3 is 2.76 bits per heavy atom. The lowest BCUT2D eigenvalue weighted by Gasteiger charge is -2.11. The van der Waals surface area contributed by atoms with Crippen LogP contribution in [0.25, 0.3) is 0 Å². The fraction of sp³-hybridized carbons (Fsp3) is 0.133. The van der Waals surface area contributed by atoms with Gasteiger partial charge in [0, 0.05) is 11.6 Å². The minimum absolute atomic E-state index is 0.322. The maximum absolute atomic E-state index is 13.2. The number of hydrogen-bond donors (Lipinski definition) is 1. The van der Waals surface area contributed by atoms with Crippen LogP contribution in [0.3, 0.4) is 0 Å². The number of methoxy groups -OCH3 is 1. The molecule has 0 bridgehead atoms.